The molecule has 0 fully saturated rings. The lowest BCUT2D eigenvalue weighted by Gasteiger charge is -2.24. The average Bonchev–Trinajstić information content (AvgIpc) is 2.45. The summed E-state index contributed by atoms with van der Waals surface area (Å²) in [5.41, 5.74) is -0.00236. The third-order valence-corrected chi connectivity index (χ3v) is 3.28. The molecule has 3 heteroatoms. The van der Waals surface area contributed by atoms with Crippen molar-refractivity contribution in [3.05, 3.63) is 65.5 Å². The van der Waals surface area contributed by atoms with Crippen LogP contribution >= 0.6 is 0 Å². The van der Waals surface area contributed by atoms with Crippen molar-refractivity contribution >= 4 is 0 Å². The molecular formula is C17H19FO2. The second-order valence-electron chi connectivity index (χ2n) is 4.96. The van der Waals surface area contributed by atoms with E-state index in [0.29, 0.717) is 17.7 Å². The van der Waals surface area contributed by atoms with Crippen LogP contribution in [0.15, 0.2) is 48.5 Å². The summed E-state index contributed by atoms with van der Waals surface area (Å²) in [4.78, 5) is 0. The van der Waals surface area contributed by atoms with Crippen LogP contribution in [0.25, 0.3) is 0 Å². The molecule has 0 amide bonds. The zero-order chi connectivity index (χ0) is 14.6. The Hall–Kier alpha value is -1.87. The van der Waals surface area contributed by atoms with Gasteiger partial charge in [0.05, 0.1) is 6.61 Å². The monoisotopic (exact) mass is 274 g/mol. The molecule has 0 aliphatic rings. The maximum atomic E-state index is 13.3. The summed E-state index contributed by atoms with van der Waals surface area (Å²) in [6.45, 7) is 4.37. The van der Waals surface area contributed by atoms with Gasteiger partial charge >= 0.3 is 0 Å². The van der Waals surface area contributed by atoms with E-state index in [2.05, 4.69) is 0 Å². The topological polar surface area (TPSA) is 29.5 Å². The predicted octanol–water partition coefficient (Wildman–Crippen LogP) is 3.87. The van der Waals surface area contributed by atoms with Gasteiger partial charge in [0.1, 0.15) is 17.2 Å². The van der Waals surface area contributed by atoms with Crippen molar-refractivity contribution in [3.63, 3.8) is 0 Å². The van der Waals surface area contributed by atoms with E-state index in [1.807, 2.05) is 19.1 Å². The predicted molar refractivity (Wildman–Crippen MR) is 77.3 cm³/mol. The van der Waals surface area contributed by atoms with Crippen molar-refractivity contribution in [2.45, 2.75) is 25.9 Å². The van der Waals surface area contributed by atoms with Crippen molar-refractivity contribution in [1.29, 1.82) is 0 Å². The highest BCUT2D eigenvalue weighted by molar-refractivity contribution is 5.38. The van der Waals surface area contributed by atoms with Crippen LogP contribution in [0.2, 0.25) is 0 Å². The summed E-state index contributed by atoms with van der Waals surface area (Å²) in [5.74, 6) is 0.413. The van der Waals surface area contributed by atoms with E-state index in [1.165, 1.54) is 12.1 Å². The third kappa shape index (κ3) is 3.17. The van der Waals surface area contributed by atoms with E-state index in [0.717, 1.165) is 12.2 Å². The Kier molecular flexibility index (Phi) is 4.40. The summed E-state index contributed by atoms with van der Waals surface area (Å²) in [7, 11) is 0. The molecule has 20 heavy (non-hydrogen) atoms. The van der Waals surface area contributed by atoms with E-state index in [1.54, 1.807) is 31.2 Å². The molecule has 0 saturated heterocycles. The van der Waals surface area contributed by atoms with E-state index < -0.39 is 5.60 Å². The van der Waals surface area contributed by atoms with Crippen molar-refractivity contribution in [3.8, 4) is 5.75 Å². The Balaban J connectivity index is 2.25. The number of aliphatic hydroxyl groups is 1. The molecule has 106 valence electrons. The molecular weight excluding hydrogens is 255 g/mol. The highest BCUT2D eigenvalue weighted by Crippen LogP contribution is 2.30. The number of halogens is 1. The van der Waals surface area contributed by atoms with Gasteiger partial charge in [0.25, 0.3) is 0 Å². The molecule has 0 aliphatic carbocycles. The minimum Gasteiger partial charge on any atom is -0.494 e. The SMILES string of the molecule is CCCOc1ccc(C(C)(O)c2cccc(F)c2)cc1. The molecule has 2 aromatic carbocycles. The van der Waals surface area contributed by atoms with Crippen LogP contribution in [-0.2, 0) is 5.60 Å². The van der Waals surface area contributed by atoms with Crippen molar-refractivity contribution in [2.75, 3.05) is 6.61 Å². The van der Waals surface area contributed by atoms with E-state index >= 15 is 0 Å². The Labute approximate surface area is 118 Å². The van der Waals surface area contributed by atoms with Gasteiger partial charge in [-0.15, -0.1) is 0 Å². The summed E-state index contributed by atoms with van der Waals surface area (Å²) >= 11 is 0. The van der Waals surface area contributed by atoms with Crippen molar-refractivity contribution in [1.82, 2.24) is 0 Å². The van der Waals surface area contributed by atoms with Gasteiger partial charge in [-0.2, -0.15) is 0 Å². The minimum absolute atomic E-state index is 0.356. The van der Waals surface area contributed by atoms with E-state index in [4.69, 9.17) is 4.74 Å². The van der Waals surface area contributed by atoms with Crippen LogP contribution in [0.5, 0.6) is 5.75 Å². The normalized spacial score (nSPS) is 13.8. The second kappa shape index (κ2) is 6.06. The Morgan fingerprint density at radius 2 is 1.80 bits per heavy atom. The fraction of sp³-hybridized carbons (Fsp3) is 0.294. The molecule has 0 saturated carbocycles. The first-order chi connectivity index (χ1) is 9.54. The molecule has 0 aromatic heterocycles. The fourth-order valence-electron chi connectivity index (χ4n) is 2.05. The summed E-state index contributed by atoms with van der Waals surface area (Å²) in [6, 6.07) is 13.3. The quantitative estimate of drug-likeness (QED) is 0.896. The molecule has 2 rings (SSSR count). The van der Waals surface area contributed by atoms with Crippen LogP contribution in [0, 0.1) is 5.82 Å². The molecule has 1 N–H and O–H groups in total. The maximum absolute atomic E-state index is 13.3. The van der Waals surface area contributed by atoms with Gasteiger partial charge < -0.3 is 9.84 Å². The zero-order valence-corrected chi connectivity index (χ0v) is 11.8. The zero-order valence-electron chi connectivity index (χ0n) is 11.8. The van der Waals surface area contributed by atoms with Gasteiger partial charge in [0.2, 0.25) is 0 Å². The first kappa shape index (κ1) is 14.5. The molecule has 0 heterocycles. The number of hydrogen-bond acceptors (Lipinski definition) is 2. The number of ether oxygens (including phenoxy) is 1. The number of hydrogen-bond donors (Lipinski definition) is 1. The Morgan fingerprint density at radius 3 is 2.40 bits per heavy atom. The maximum Gasteiger partial charge on any atom is 0.123 e. The molecule has 0 spiro atoms. The van der Waals surface area contributed by atoms with Gasteiger partial charge in [0, 0.05) is 0 Å². The molecule has 1 atom stereocenters. The fourth-order valence-corrected chi connectivity index (χ4v) is 2.05. The molecule has 1 unspecified atom stereocenters. The lowest BCUT2D eigenvalue weighted by atomic mass is 9.88. The highest BCUT2D eigenvalue weighted by atomic mass is 19.1. The van der Waals surface area contributed by atoms with Gasteiger partial charge in [-0.25, -0.2) is 4.39 Å². The minimum atomic E-state index is -1.23. The summed E-state index contributed by atoms with van der Waals surface area (Å²) in [5, 5.41) is 10.6. The van der Waals surface area contributed by atoms with Gasteiger partial charge in [-0.3, -0.25) is 0 Å². The lowest BCUT2D eigenvalue weighted by molar-refractivity contribution is 0.102. The third-order valence-electron chi connectivity index (χ3n) is 3.28. The highest BCUT2D eigenvalue weighted by Gasteiger charge is 2.25. The van der Waals surface area contributed by atoms with Crippen molar-refractivity contribution < 1.29 is 14.2 Å². The average molecular weight is 274 g/mol. The van der Waals surface area contributed by atoms with Gasteiger partial charge in [0.15, 0.2) is 0 Å². The molecule has 0 bridgehead atoms. The van der Waals surface area contributed by atoms with E-state index in [-0.39, 0.29) is 5.82 Å². The second-order valence-corrected chi connectivity index (χ2v) is 4.96. The first-order valence-electron chi connectivity index (χ1n) is 6.76. The van der Waals surface area contributed by atoms with Crippen LogP contribution in [-0.4, -0.2) is 11.7 Å². The first-order valence-corrected chi connectivity index (χ1v) is 6.76. The standard InChI is InChI=1S/C17H19FO2/c1-3-11-20-16-9-7-13(8-10-16)17(2,19)14-5-4-6-15(18)12-14/h4-10,12,19H,3,11H2,1-2H3. The summed E-state index contributed by atoms with van der Waals surface area (Å²) in [6.07, 6.45) is 0.947. The summed E-state index contributed by atoms with van der Waals surface area (Å²) < 4.78 is 18.8. The molecule has 2 nitrogen and oxygen atoms in total. The molecule has 0 radical (unpaired) electrons. The van der Waals surface area contributed by atoms with Crippen LogP contribution in [0.4, 0.5) is 4.39 Å². The van der Waals surface area contributed by atoms with Crippen LogP contribution in [0.3, 0.4) is 0 Å². The van der Waals surface area contributed by atoms with Crippen LogP contribution in [0.1, 0.15) is 31.4 Å². The number of benzene rings is 2. The lowest BCUT2D eigenvalue weighted by Crippen LogP contribution is -2.22. The largest absolute Gasteiger partial charge is 0.494 e. The number of rotatable bonds is 5. The van der Waals surface area contributed by atoms with Crippen molar-refractivity contribution in [2.24, 2.45) is 0 Å². The smallest absolute Gasteiger partial charge is 0.123 e. The Bertz CT molecular complexity index is 561. The van der Waals surface area contributed by atoms with Gasteiger partial charge in [-0.05, 0) is 48.7 Å². The van der Waals surface area contributed by atoms with Gasteiger partial charge in [-0.1, -0.05) is 31.2 Å². The van der Waals surface area contributed by atoms with E-state index in [9.17, 15) is 9.50 Å². The van der Waals surface area contributed by atoms with Crippen LogP contribution < -0.4 is 4.74 Å². The Morgan fingerprint density at radius 1 is 1.10 bits per heavy atom. The molecule has 0 aliphatic heterocycles. The molecule has 2 aromatic rings.